The average Bonchev–Trinajstić information content (AvgIpc) is 2.87. The fourth-order valence-electron chi connectivity index (χ4n) is 4.02. The van der Waals surface area contributed by atoms with E-state index < -0.39 is 10.9 Å². The Balaban J connectivity index is 1.90. The molecule has 0 fully saturated rings. The van der Waals surface area contributed by atoms with Crippen LogP contribution in [0.2, 0.25) is 0 Å². The average molecular weight is 473 g/mol. The van der Waals surface area contributed by atoms with E-state index in [-0.39, 0.29) is 24.2 Å². The van der Waals surface area contributed by atoms with Gasteiger partial charge in [0.05, 0.1) is 23.9 Å². The number of thiol groups is 1. The minimum absolute atomic E-state index is 0.0666. The van der Waals surface area contributed by atoms with Crippen LogP contribution in [0.5, 0.6) is 0 Å². The van der Waals surface area contributed by atoms with E-state index in [1.54, 1.807) is 42.7 Å². The molecule has 0 aliphatic carbocycles. The molecular weight excluding hydrogens is 451 g/mol. The Kier molecular flexibility index (Phi) is 7.38. The Morgan fingerprint density at radius 1 is 0.882 bits per heavy atom. The third-order valence-electron chi connectivity index (χ3n) is 5.54. The molecular formula is C26H21FN4O2S. The lowest BCUT2D eigenvalue weighted by molar-refractivity contribution is 0.600. The fraction of sp³-hybridized carbons (Fsp3) is 0.115. The van der Waals surface area contributed by atoms with Crippen LogP contribution in [0, 0.1) is 17.1 Å². The van der Waals surface area contributed by atoms with E-state index in [9.17, 15) is 18.1 Å². The summed E-state index contributed by atoms with van der Waals surface area (Å²) in [4.78, 5) is 9.06. The number of nitrogens with one attached hydrogen (secondary N) is 1. The Hall–Kier alpha value is -3.93. The van der Waals surface area contributed by atoms with Gasteiger partial charge in [-0.3, -0.25) is 9.97 Å². The molecule has 0 aliphatic heterocycles. The van der Waals surface area contributed by atoms with E-state index in [0.29, 0.717) is 17.0 Å². The number of nitriles is 1. The lowest BCUT2D eigenvalue weighted by Crippen LogP contribution is -2.18. The number of halogens is 1. The molecule has 0 aliphatic rings. The summed E-state index contributed by atoms with van der Waals surface area (Å²) in [5.41, 5.74) is 4.51. The first-order chi connectivity index (χ1) is 16.5. The molecule has 0 amide bonds. The molecule has 8 heteroatoms. The summed E-state index contributed by atoms with van der Waals surface area (Å²) in [6.45, 7) is 0.0666. The zero-order chi connectivity index (χ0) is 23.9. The van der Waals surface area contributed by atoms with Crippen molar-refractivity contribution in [1.29, 1.82) is 5.26 Å². The maximum Gasteiger partial charge on any atom is 0.201 e. The zero-order valence-electron chi connectivity index (χ0n) is 18.0. The van der Waals surface area contributed by atoms with Crippen LogP contribution >= 0.6 is 0 Å². The molecule has 170 valence electrons. The van der Waals surface area contributed by atoms with Crippen LogP contribution in [-0.2, 0) is 17.4 Å². The second-order valence-corrected chi connectivity index (χ2v) is 8.50. The van der Waals surface area contributed by atoms with Crippen molar-refractivity contribution in [2.75, 3.05) is 0 Å². The molecule has 0 bridgehead atoms. The van der Waals surface area contributed by atoms with Gasteiger partial charge in [0.1, 0.15) is 5.82 Å². The van der Waals surface area contributed by atoms with Crippen molar-refractivity contribution >= 4 is 10.9 Å². The highest BCUT2D eigenvalue weighted by Gasteiger charge is 2.30. The van der Waals surface area contributed by atoms with Crippen LogP contribution in [0.3, 0.4) is 0 Å². The molecule has 2 aromatic heterocycles. The molecule has 2 unspecified atom stereocenters. The van der Waals surface area contributed by atoms with Crippen molar-refractivity contribution in [2.24, 2.45) is 0 Å². The number of aromatic nitrogens is 2. The van der Waals surface area contributed by atoms with Gasteiger partial charge >= 0.3 is 0 Å². The summed E-state index contributed by atoms with van der Waals surface area (Å²) < 4.78 is 38.2. The molecule has 0 radical (unpaired) electrons. The number of hydrogen-bond donors (Lipinski definition) is 2. The summed E-state index contributed by atoms with van der Waals surface area (Å²) in [5, 5.41) is 9.24. The summed E-state index contributed by atoms with van der Waals surface area (Å²) >= 11 is 0. The molecule has 2 heterocycles. The smallest absolute Gasteiger partial charge is 0.201 e. The topological polar surface area (TPSA) is 95.7 Å². The number of hydrogen-bond acceptors (Lipinski definition) is 5. The van der Waals surface area contributed by atoms with Crippen molar-refractivity contribution in [3.8, 4) is 6.07 Å². The number of benzene rings is 2. The molecule has 34 heavy (non-hydrogen) atoms. The summed E-state index contributed by atoms with van der Waals surface area (Å²) in [6, 6.07) is 25.0. The highest BCUT2D eigenvalue weighted by molar-refractivity contribution is 7.70. The van der Waals surface area contributed by atoms with Gasteiger partial charge in [-0.2, -0.15) is 5.26 Å². The molecule has 0 saturated heterocycles. The molecule has 0 spiro atoms. The lowest BCUT2D eigenvalue weighted by atomic mass is 9.75. The first-order valence-electron chi connectivity index (χ1n) is 10.5. The molecule has 2 atom stereocenters. The van der Waals surface area contributed by atoms with Crippen molar-refractivity contribution in [3.05, 3.63) is 131 Å². The number of rotatable bonds is 8. The number of pyridine rings is 2. The SMILES string of the molecule is N#Cc1ccc(C(c2cccnc2)C(c2ccc(F)cc2)c2cccc(CN[SH](=O)=O)n2)cc1. The molecule has 1 N–H and O–H groups in total. The van der Waals surface area contributed by atoms with Gasteiger partial charge in [-0.15, -0.1) is 0 Å². The number of nitrogens with zero attached hydrogens (tertiary/aromatic N) is 3. The Bertz CT molecular complexity index is 1360. The Morgan fingerprint density at radius 3 is 2.24 bits per heavy atom. The fourth-order valence-corrected chi connectivity index (χ4v) is 4.31. The second kappa shape index (κ2) is 10.8. The van der Waals surface area contributed by atoms with Gasteiger partial charge in [0.2, 0.25) is 10.9 Å². The third kappa shape index (κ3) is 5.52. The first-order valence-corrected chi connectivity index (χ1v) is 11.7. The predicted molar refractivity (Wildman–Crippen MR) is 127 cm³/mol. The predicted octanol–water partition coefficient (Wildman–Crippen LogP) is 4.07. The van der Waals surface area contributed by atoms with Crippen molar-refractivity contribution in [2.45, 2.75) is 18.4 Å². The van der Waals surface area contributed by atoms with E-state index in [4.69, 9.17) is 4.98 Å². The molecule has 4 aromatic rings. The van der Waals surface area contributed by atoms with Gasteiger partial charge in [-0.25, -0.2) is 17.5 Å². The summed E-state index contributed by atoms with van der Waals surface area (Å²) in [5.74, 6) is -0.929. The van der Waals surface area contributed by atoms with E-state index in [2.05, 4.69) is 15.8 Å². The van der Waals surface area contributed by atoms with Crippen LogP contribution in [0.4, 0.5) is 4.39 Å². The molecule has 6 nitrogen and oxygen atoms in total. The Morgan fingerprint density at radius 2 is 1.59 bits per heavy atom. The van der Waals surface area contributed by atoms with Crippen LogP contribution < -0.4 is 4.72 Å². The maximum atomic E-state index is 13.8. The van der Waals surface area contributed by atoms with E-state index in [1.807, 2.05) is 36.4 Å². The van der Waals surface area contributed by atoms with Crippen LogP contribution in [0.1, 0.15) is 45.5 Å². The van der Waals surface area contributed by atoms with Crippen LogP contribution in [-0.4, -0.2) is 18.4 Å². The molecule has 0 saturated carbocycles. The normalized spacial score (nSPS) is 12.7. The highest BCUT2D eigenvalue weighted by atomic mass is 32.2. The van der Waals surface area contributed by atoms with Gasteiger partial charge in [0, 0.05) is 29.9 Å². The highest BCUT2D eigenvalue weighted by Crippen LogP contribution is 2.42. The van der Waals surface area contributed by atoms with Gasteiger partial charge < -0.3 is 0 Å². The van der Waals surface area contributed by atoms with E-state index >= 15 is 0 Å². The quantitative estimate of drug-likeness (QED) is 0.377. The van der Waals surface area contributed by atoms with Crippen LogP contribution in [0.25, 0.3) is 0 Å². The van der Waals surface area contributed by atoms with Gasteiger partial charge in [-0.05, 0) is 59.2 Å². The monoisotopic (exact) mass is 472 g/mol. The van der Waals surface area contributed by atoms with Crippen molar-refractivity contribution in [3.63, 3.8) is 0 Å². The van der Waals surface area contributed by atoms with E-state index in [1.165, 1.54) is 12.1 Å². The zero-order valence-corrected chi connectivity index (χ0v) is 18.9. The molecule has 2 aromatic carbocycles. The first kappa shape index (κ1) is 23.2. The van der Waals surface area contributed by atoms with E-state index in [0.717, 1.165) is 16.7 Å². The van der Waals surface area contributed by atoms with Gasteiger partial charge in [0.25, 0.3) is 0 Å². The Labute approximate surface area is 198 Å². The largest absolute Gasteiger partial charge is 0.264 e. The van der Waals surface area contributed by atoms with Crippen molar-refractivity contribution in [1.82, 2.24) is 14.7 Å². The van der Waals surface area contributed by atoms with Gasteiger partial charge in [-0.1, -0.05) is 36.4 Å². The minimum atomic E-state index is -2.75. The third-order valence-corrected chi connectivity index (χ3v) is 5.96. The van der Waals surface area contributed by atoms with Crippen molar-refractivity contribution < 1.29 is 12.8 Å². The molecule has 4 rings (SSSR count). The van der Waals surface area contributed by atoms with Crippen LogP contribution in [0.15, 0.2) is 91.3 Å². The second-order valence-electron chi connectivity index (χ2n) is 7.67. The van der Waals surface area contributed by atoms with Gasteiger partial charge in [0.15, 0.2) is 0 Å². The lowest BCUT2D eigenvalue weighted by Gasteiger charge is -2.28. The minimum Gasteiger partial charge on any atom is -0.264 e. The maximum absolute atomic E-state index is 13.8. The summed E-state index contributed by atoms with van der Waals surface area (Å²) in [7, 11) is -2.75. The standard InChI is InChI=1S/C26H21FN4O2S/c27-22-12-10-20(11-13-22)26(24-5-1-4-23(31-24)17-30-34(32)33)25(21-3-2-14-29-16-21)19-8-6-18(15-28)7-9-19/h1-14,16,25-26,34H,17H2,(H,30,32,33). The summed E-state index contributed by atoms with van der Waals surface area (Å²) in [6.07, 6.45) is 3.48.